The summed E-state index contributed by atoms with van der Waals surface area (Å²) in [5, 5.41) is 8.69. The monoisotopic (exact) mass is 275 g/mol. The van der Waals surface area contributed by atoms with Crippen LogP contribution in [0.25, 0.3) is 0 Å². The van der Waals surface area contributed by atoms with Gasteiger partial charge in [0.2, 0.25) is 5.91 Å². The molecule has 3 N–H and O–H groups in total. The lowest BCUT2D eigenvalue weighted by Crippen LogP contribution is -2.40. The van der Waals surface area contributed by atoms with Crippen LogP contribution in [0.5, 0.6) is 0 Å². The third kappa shape index (κ3) is 3.57. The third-order valence-electron chi connectivity index (χ3n) is 3.53. The fourth-order valence-corrected chi connectivity index (χ4v) is 2.40. The Kier molecular flexibility index (Phi) is 5.12. The Bertz CT molecular complexity index is 480. The number of carbonyl (C=O) groups is 2. The first-order valence-corrected chi connectivity index (χ1v) is 7.07. The van der Waals surface area contributed by atoms with Crippen molar-refractivity contribution in [2.24, 2.45) is 0 Å². The summed E-state index contributed by atoms with van der Waals surface area (Å²) in [4.78, 5) is 24.0. The molecule has 0 aromatic heterocycles. The van der Waals surface area contributed by atoms with Gasteiger partial charge < -0.3 is 16.0 Å². The van der Waals surface area contributed by atoms with Gasteiger partial charge in [0.1, 0.15) is 0 Å². The minimum Gasteiger partial charge on any atom is -0.355 e. The van der Waals surface area contributed by atoms with Crippen molar-refractivity contribution < 1.29 is 9.59 Å². The Morgan fingerprint density at radius 3 is 2.80 bits per heavy atom. The van der Waals surface area contributed by atoms with Gasteiger partial charge in [0.15, 0.2) is 0 Å². The first kappa shape index (κ1) is 14.5. The lowest BCUT2D eigenvalue weighted by atomic mass is 10.1. The molecule has 0 saturated carbocycles. The van der Waals surface area contributed by atoms with Crippen molar-refractivity contribution in [3.8, 4) is 0 Å². The molecule has 0 spiro atoms. The van der Waals surface area contributed by atoms with E-state index in [1.807, 2.05) is 6.07 Å². The first-order chi connectivity index (χ1) is 9.72. The van der Waals surface area contributed by atoms with Gasteiger partial charge >= 0.3 is 0 Å². The molecule has 2 amide bonds. The number of hydrogen-bond acceptors (Lipinski definition) is 3. The molecule has 1 aromatic rings. The second kappa shape index (κ2) is 7.05. The highest BCUT2D eigenvalue weighted by atomic mass is 16.2. The van der Waals surface area contributed by atoms with Crippen molar-refractivity contribution in [3.05, 3.63) is 29.8 Å². The largest absolute Gasteiger partial charge is 0.355 e. The molecule has 1 fully saturated rings. The van der Waals surface area contributed by atoms with Crippen LogP contribution in [-0.2, 0) is 4.79 Å². The predicted octanol–water partition coefficient (Wildman–Crippen LogP) is 1.52. The molecule has 108 valence electrons. The maximum absolute atomic E-state index is 12.3. The Balaban J connectivity index is 2.09. The molecule has 20 heavy (non-hydrogen) atoms. The van der Waals surface area contributed by atoms with Gasteiger partial charge in [-0.3, -0.25) is 9.59 Å². The zero-order valence-corrected chi connectivity index (χ0v) is 11.7. The molecule has 5 nitrogen and oxygen atoms in total. The van der Waals surface area contributed by atoms with Crippen LogP contribution in [0.1, 0.15) is 36.0 Å². The molecular formula is C15H21N3O2. The maximum atomic E-state index is 12.3. The maximum Gasteiger partial charge on any atom is 0.253 e. The topological polar surface area (TPSA) is 70.2 Å². The second-order valence-electron chi connectivity index (χ2n) is 4.97. The van der Waals surface area contributed by atoms with Crippen LogP contribution in [0.15, 0.2) is 24.3 Å². The summed E-state index contributed by atoms with van der Waals surface area (Å²) < 4.78 is 0. The Hall–Kier alpha value is -1.88. The van der Waals surface area contributed by atoms with E-state index in [0.717, 1.165) is 32.2 Å². The molecule has 1 aromatic carbocycles. The number of rotatable bonds is 3. The van der Waals surface area contributed by atoms with E-state index in [9.17, 15) is 9.59 Å². The molecule has 1 heterocycles. The molecule has 2 rings (SSSR count). The van der Waals surface area contributed by atoms with Crippen molar-refractivity contribution in [2.75, 3.05) is 18.9 Å². The number of amides is 2. The molecule has 0 radical (unpaired) electrons. The van der Waals surface area contributed by atoms with Crippen LogP contribution in [0.2, 0.25) is 0 Å². The van der Waals surface area contributed by atoms with Crippen LogP contribution < -0.4 is 16.0 Å². The summed E-state index contributed by atoms with van der Waals surface area (Å²) in [5.41, 5.74) is 1.04. The van der Waals surface area contributed by atoms with Gasteiger partial charge in [-0.05, 0) is 31.5 Å². The average molecular weight is 275 g/mol. The average Bonchev–Trinajstić information content (AvgIpc) is 2.76. The van der Waals surface area contributed by atoms with E-state index < -0.39 is 0 Å². The summed E-state index contributed by atoms with van der Waals surface area (Å²) in [7, 11) is 1.58. The van der Waals surface area contributed by atoms with Crippen LogP contribution >= 0.6 is 0 Å². The molecule has 1 aliphatic heterocycles. The van der Waals surface area contributed by atoms with E-state index in [4.69, 9.17) is 0 Å². The normalized spacial score (nSPS) is 18.9. The third-order valence-corrected chi connectivity index (χ3v) is 3.53. The molecule has 1 atom stereocenters. The van der Waals surface area contributed by atoms with E-state index in [-0.39, 0.29) is 17.9 Å². The lowest BCUT2D eigenvalue weighted by Gasteiger charge is -2.17. The summed E-state index contributed by atoms with van der Waals surface area (Å²) in [6.45, 7) is 0.870. The van der Waals surface area contributed by atoms with E-state index in [2.05, 4.69) is 16.0 Å². The van der Waals surface area contributed by atoms with Gasteiger partial charge in [-0.1, -0.05) is 25.0 Å². The van der Waals surface area contributed by atoms with Crippen molar-refractivity contribution in [2.45, 2.75) is 31.7 Å². The quantitative estimate of drug-likeness (QED) is 0.783. The molecule has 1 aliphatic rings. The fourth-order valence-electron chi connectivity index (χ4n) is 2.40. The van der Waals surface area contributed by atoms with Gasteiger partial charge in [-0.25, -0.2) is 0 Å². The SMILES string of the molecule is CNC(=O)c1ccccc1NC(=O)C1CCCCCN1. The van der Waals surface area contributed by atoms with Crippen LogP contribution in [0.4, 0.5) is 5.69 Å². The molecule has 5 heteroatoms. The van der Waals surface area contributed by atoms with E-state index >= 15 is 0 Å². The molecular weight excluding hydrogens is 254 g/mol. The van der Waals surface area contributed by atoms with Crippen molar-refractivity contribution in [3.63, 3.8) is 0 Å². The number of anilines is 1. The summed E-state index contributed by atoms with van der Waals surface area (Å²) in [5.74, 6) is -0.266. The summed E-state index contributed by atoms with van der Waals surface area (Å²) >= 11 is 0. The van der Waals surface area contributed by atoms with Crippen molar-refractivity contribution in [1.29, 1.82) is 0 Å². The highest BCUT2D eigenvalue weighted by molar-refractivity contribution is 6.04. The first-order valence-electron chi connectivity index (χ1n) is 7.07. The molecule has 0 bridgehead atoms. The Morgan fingerprint density at radius 2 is 2.00 bits per heavy atom. The minimum absolute atomic E-state index is 0.0664. The molecule has 1 unspecified atom stereocenters. The zero-order valence-electron chi connectivity index (χ0n) is 11.7. The van der Waals surface area contributed by atoms with Crippen molar-refractivity contribution in [1.82, 2.24) is 10.6 Å². The van der Waals surface area contributed by atoms with Crippen molar-refractivity contribution >= 4 is 17.5 Å². The minimum atomic E-state index is -0.199. The second-order valence-corrected chi connectivity index (χ2v) is 4.97. The van der Waals surface area contributed by atoms with E-state index in [0.29, 0.717) is 11.3 Å². The van der Waals surface area contributed by atoms with E-state index in [1.165, 1.54) is 0 Å². The van der Waals surface area contributed by atoms with Gasteiger partial charge in [-0.15, -0.1) is 0 Å². The van der Waals surface area contributed by atoms with Gasteiger partial charge in [-0.2, -0.15) is 0 Å². The number of benzene rings is 1. The van der Waals surface area contributed by atoms with E-state index in [1.54, 1.807) is 25.2 Å². The van der Waals surface area contributed by atoms with Crippen LogP contribution in [-0.4, -0.2) is 31.4 Å². The van der Waals surface area contributed by atoms with Gasteiger partial charge in [0.25, 0.3) is 5.91 Å². The lowest BCUT2D eigenvalue weighted by molar-refractivity contribution is -0.118. The number of hydrogen-bond donors (Lipinski definition) is 3. The number of carbonyl (C=O) groups excluding carboxylic acids is 2. The predicted molar refractivity (Wildman–Crippen MR) is 78.7 cm³/mol. The summed E-state index contributed by atoms with van der Waals surface area (Å²) in [6, 6.07) is 6.87. The molecule has 0 aliphatic carbocycles. The van der Waals surface area contributed by atoms with Gasteiger partial charge in [0.05, 0.1) is 17.3 Å². The van der Waals surface area contributed by atoms with Crippen LogP contribution in [0, 0.1) is 0 Å². The standard InChI is InChI=1S/C15H21N3O2/c1-16-14(19)11-7-4-5-8-12(11)18-15(20)13-9-3-2-6-10-17-13/h4-5,7-8,13,17H,2-3,6,9-10H2,1H3,(H,16,19)(H,18,20). The Morgan fingerprint density at radius 1 is 1.20 bits per heavy atom. The molecule has 1 saturated heterocycles. The number of nitrogens with one attached hydrogen (secondary N) is 3. The smallest absolute Gasteiger partial charge is 0.253 e. The van der Waals surface area contributed by atoms with Gasteiger partial charge in [0, 0.05) is 7.05 Å². The zero-order chi connectivity index (χ0) is 14.4. The van der Waals surface area contributed by atoms with Crippen LogP contribution in [0.3, 0.4) is 0 Å². The fraction of sp³-hybridized carbons (Fsp3) is 0.467. The Labute approximate surface area is 119 Å². The highest BCUT2D eigenvalue weighted by Crippen LogP contribution is 2.16. The number of para-hydroxylation sites is 1. The highest BCUT2D eigenvalue weighted by Gasteiger charge is 2.21. The summed E-state index contributed by atoms with van der Waals surface area (Å²) in [6.07, 6.45) is 4.17.